The Morgan fingerprint density at radius 3 is 2.58 bits per heavy atom. The highest BCUT2D eigenvalue weighted by Crippen LogP contribution is 2.21. The Labute approximate surface area is 109 Å². The molecule has 0 aliphatic heterocycles. The van der Waals surface area contributed by atoms with Gasteiger partial charge in [0.15, 0.2) is 0 Å². The molecular formula is C12H16F3N3O. The molecule has 106 valence electrons. The van der Waals surface area contributed by atoms with E-state index >= 15 is 0 Å². The number of carbonyl (C=O) groups excluding carboxylic acids is 1. The number of hydrogen-bond donors (Lipinski definition) is 2. The average Bonchev–Trinajstić information content (AvgIpc) is 2.37. The van der Waals surface area contributed by atoms with Crippen LogP contribution >= 0.6 is 0 Å². The van der Waals surface area contributed by atoms with Gasteiger partial charge in [-0.2, -0.15) is 13.2 Å². The molecule has 1 amide bonds. The topological polar surface area (TPSA) is 54.0 Å². The Hall–Kier alpha value is -1.79. The number of rotatable bonds is 6. The number of nitrogens with one attached hydrogen (secondary N) is 2. The van der Waals surface area contributed by atoms with Gasteiger partial charge >= 0.3 is 6.18 Å². The Bertz CT molecular complexity index is 404. The second-order valence-corrected chi connectivity index (χ2v) is 4.01. The maximum atomic E-state index is 11.9. The van der Waals surface area contributed by atoms with Gasteiger partial charge in [0.25, 0.3) is 5.91 Å². The van der Waals surface area contributed by atoms with Crippen LogP contribution in [-0.4, -0.2) is 30.7 Å². The van der Waals surface area contributed by atoms with E-state index in [-0.39, 0.29) is 24.6 Å². The molecule has 0 fully saturated rings. The Morgan fingerprint density at radius 1 is 1.32 bits per heavy atom. The number of amides is 1. The third-order valence-corrected chi connectivity index (χ3v) is 2.46. The molecule has 0 bridgehead atoms. The van der Waals surface area contributed by atoms with E-state index in [1.54, 1.807) is 19.2 Å². The highest BCUT2D eigenvalue weighted by molar-refractivity contribution is 5.92. The highest BCUT2D eigenvalue weighted by Gasteiger charge is 2.25. The fourth-order valence-corrected chi connectivity index (χ4v) is 1.42. The van der Waals surface area contributed by atoms with Gasteiger partial charge in [0.2, 0.25) is 0 Å². The van der Waals surface area contributed by atoms with Crippen molar-refractivity contribution in [2.75, 3.05) is 18.9 Å². The monoisotopic (exact) mass is 275 g/mol. The van der Waals surface area contributed by atoms with Crippen molar-refractivity contribution in [1.82, 2.24) is 10.3 Å². The van der Waals surface area contributed by atoms with Gasteiger partial charge in [-0.15, -0.1) is 0 Å². The second kappa shape index (κ2) is 6.96. The highest BCUT2D eigenvalue weighted by atomic mass is 19.4. The van der Waals surface area contributed by atoms with Crippen molar-refractivity contribution < 1.29 is 18.0 Å². The number of nitrogens with zero attached hydrogens (tertiary/aromatic N) is 1. The molecule has 1 rings (SSSR count). The molecular weight excluding hydrogens is 259 g/mol. The number of halogens is 3. The van der Waals surface area contributed by atoms with Crippen LogP contribution in [-0.2, 0) is 0 Å². The molecule has 1 heterocycles. The largest absolute Gasteiger partial charge is 0.389 e. The van der Waals surface area contributed by atoms with E-state index in [0.29, 0.717) is 6.42 Å². The van der Waals surface area contributed by atoms with Crippen LogP contribution in [0.5, 0.6) is 0 Å². The minimum absolute atomic E-state index is 0.00982. The lowest BCUT2D eigenvalue weighted by molar-refractivity contribution is -0.135. The fraction of sp³-hybridized carbons (Fsp3) is 0.500. The van der Waals surface area contributed by atoms with Gasteiger partial charge in [-0.05, 0) is 25.0 Å². The summed E-state index contributed by atoms with van der Waals surface area (Å²) in [6, 6.07) is 3.25. The molecule has 0 aromatic carbocycles. The quantitative estimate of drug-likeness (QED) is 0.785. The van der Waals surface area contributed by atoms with E-state index in [9.17, 15) is 18.0 Å². The molecule has 0 atom stereocenters. The number of unbranched alkanes of at least 4 members (excludes halogenated alkanes) is 1. The maximum absolute atomic E-state index is 11.9. The van der Waals surface area contributed by atoms with Crippen LogP contribution in [0.4, 0.5) is 18.9 Å². The summed E-state index contributed by atoms with van der Waals surface area (Å²) in [5.41, 5.74) is 1.02. The number of hydrogen-bond acceptors (Lipinski definition) is 3. The lowest BCUT2D eigenvalue weighted by Crippen LogP contribution is -2.25. The molecule has 0 spiro atoms. The van der Waals surface area contributed by atoms with Crippen LogP contribution in [0, 0.1) is 0 Å². The van der Waals surface area contributed by atoms with Crippen molar-refractivity contribution in [3.05, 3.63) is 24.0 Å². The van der Waals surface area contributed by atoms with Crippen LogP contribution in [0.25, 0.3) is 0 Å². The SMILES string of the molecule is CNc1ccc(C(=O)NCCCCC(F)(F)F)nc1. The Morgan fingerprint density at radius 2 is 2.05 bits per heavy atom. The maximum Gasteiger partial charge on any atom is 0.389 e. The number of pyridine rings is 1. The van der Waals surface area contributed by atoms with Crippen LogP contribution < -0.4 is 10.6 Å². The van der Waals surface area contributed by atoms with Crippen molar-refractivity contribution in [2.24, 2.45) is 0 Å². The summed E-state index contributed by atoms with van der Waals surface area (Å²) in [7, 11) is 1.73. The lowest BCUT2D eigenvalue weighted by Gasteiger charge is -2.07. The Kier molecular flexibility index (Phi) is 5.59. The number of alkyl halides is 3. The molecule has 0 aliphatic carbocycles. The summed E-state index contributed by atoms with van der Waals surface area (Å²) in [6.07, 6.45) is -3.14. The average molecular weight is 275 g/mol. The third kappa shape index (κ3) is 6.08. The first kappa shape index (κ1) is 15.3. The molecule has 0 radical (unpaired) electrons. The number of carbonyl (C=O) groups is 1. The number of aromatic nitrogens is 1. The van der Waals surface area contributed by atoms with E-state index < -0.39 is 12.6 Å². The van der Waals surface area contributed by atoms with Gasteiger partial charge in [0, 0.05) is 20.0 Å². The third-order valence-electron chi connectivity index (χ3n) is 2.46. The summed E-state index contributed by atoms with van der Waals surface area (Å²) in [5.74, 6) is -0.380. The molecule has 19 heavy (non-hydrogen) atoms. The van der Waals surface area contributed by atoms with E-state index in [0.717, 1.165) is 5.69 Å². The van der Waals surface area contributed by atoms with Gasteiger partial charge in [0.05, 0.1) is 11.9 Å². The van der Waals surface area contributed by atoms with Gasteiger partial charge in [-0.1, -0.05) is 0 Å². The molecule has 0 saturated carbocycles. The molecule has 0 unspecified atom stereocenters. The first-order chi connectivity index (χ1) is 8.92. The second-order valence-electron chi connectivity index (χ2n) is 4.01. The smallest absolute Gasteiger partial charge is 0.387 e. The molecule has 0 aliphatic rings. The normalized spacial score (nSPS) is 11.2. The van der Waals surface area contributed by atoms with E-state index in [4.69, 9.17) is 0 Å². The van der Waals surface area contributed by atoms with Crippen LogP contribution in [0.2, 0.25) is 0 Å². The van der Waals surface area contributed by atoms with Gasteiger partial charge in [0.1, 0.15) is 5.69 Å². The van der Waals surface area contributed by atoms with Gasteiger partial charge in [-0.25, -0.2) is 4.98 Å². The first-order valence-corrected chi connectivity index (χ1v) is 5.91. The molecule has 2 N–H and O–H groups in total. The molecule has 7 heteroatoms. The van der Waals surface area contributed by atoms with Crippen molar-refractivity contribution >= 4 is 11.6 Å². The zero-order valence-electron chi connectivity index (χ0n) is 10.5. The standard InChI is InChI=1S/C12H16F3N3O/c1-16-9-4-5-10(18-8-9)11(19)17-7-3-2-6-12(13,14)15/h4-5,8,16H,2-3,6-7H2,1H3,(H,17,19). The minimum Gasteiger partial charge on any atom is -0.387 e. The van der Waals surface area contributed by atoms with E-state index in [2.05, 4.69) is 15.6 Å². The summed E-state index contributed by atoms with van der Waals surface area (Å²) in [6.45, 7) is 0.213. The van der Waals surface area contributed by atoms with Crippen LogP contribution in [0.1, 0.15) is 29.8 Å². The molecule has 1 aromatic heterocycles. The molecule has 0 saturated heterocycles. The minimum atomic E-state index is -4.13. The zero-order chi connectivity index (χ0) is 14.3. The molecule has 4 nitrogen and oxygen atoms in total. The van der Waals surface area contributed by atoms with Crippen LogP contribution in [0.15, 0.2) is 18.3 Å². The van der Waals surface area contributed by atoms with Crippen molar-refractivity contribution in [3.63, 3.8) is 0 Å². The lowest BCUT2D eigenvalue weighted by atomic mass is 10.2. The summed E-state index contributed by atoms with van der Waals surface area (Å²) in [5, 5.41) is 5.40. The van der Waals surface area contributed by atoms with E-state index in [1.165, 1.54) is 6.20 Å². The zero-order valence-corrected chi connectivity index (χ0v) is 10.5. The van der Waals surface area contributed by atoms with Crippen molar-refractivity contribution in [1.29, 1.82) is 0 Å². The van der Waals surface area contributed by atoms with Gasteiger partial charge in [-0.3, -0.25) is 4.79 Å². The van der Waals surface area contributed by atoms with Crippen molar-refractivity contribution in [3.8, 4) is 0 Å². The Balaban J connectivity index is 2.27. The summed E-state index contributed by atoms with van der Waals surface area (Å²) in [4.78, 5) is 15.5. The van der Waals surface area contributed by atoms with Crippen molar-refractivity contribution in [2.45, 2.75) is 25.4 Å². The van der Waals surface area contributed by atoms with Gasteiger partial charge < -0.3 is 10.6 Å². The predicted octanol–water partition coefficient (Wildman–Crippen LogP) is 2.59. The molecule has 1 aromatic rings. The fourth-order valence-electron chi connectivity index (χ4n) is 1.42. The first-order valence-electron chi connectivity index (χ1n) is 5.91. The predicted molar refractivity (Wildman–Crippen MR) is 66.0 cm³/mol. The summed E-state index contributed by atoms with van der Waals surface area (Å²) < 4.78 is 35.6. The van der Waals surface area contributed by atoms with Crippen LogP contribution in [0.3, 0.4) is 0 Å². The number of anilines is 1. The summed E-state index contributed by atoms with van der Waals surface area (Å²) >= 11 is 0. The van der Waals surface area contributed by atoms with E-state index in [1.807, 2.05) is 0 Å².